The van der Waals surface area contributed by atoms with Crippen molar-refractivity contribution in [1.82, 2.24) is 10.2 Å². The number of nitrogens with one attached hydrogen (secondary N) is 1. The van der Waals surface area contributed by atoms with E-state index in [-0.39, 0.29) is 11.9 Å². The van der Waals surface area contributed by atoms with Crippen molar-refractivity contribution < 1.29 is 4.79 Å². The monoisotopic (exact) mass is 241 g/mol. The summed E-state index contributed by atoms with van der Waals surface area (Å²) in [5, 5.41) is 3.24. The zero-order valence-corrected chi connectivity index (χ0v) is 11.2. The van der Waals surface area contributed by atoms with Crippen molar-refractivity contribution in [1.29, 1.82) is 0 Å². The number of carbonyl (C=O) groups is 1. The number of hydrogen-bond donors (Lipinski definition) is 2. The van der Waals surface area contributed by atoms with Gasteiger partial charge in [0.2, 0.25) is 5.91 Å². The normalized spacial score (nSPS) is 17.4. The van der Waals surface area contributed by atoms with Crippen LogP contribution in [0.3, 0.4) is 0 Å². The van der Waals surface area contributed by atoms with Crippen LogP contribution >= 0.6 is 0 Å². The Morgan fingerprint density at radius 1 is 1.41 bits per heavy atom. The van der Waals surface area contributed by atoms with Crippen molar-refractivity contribution in [2.75, 3.05) is 26.2 Å². The van der Waals surface area contributed by atoms with E-state index in [2.05, 4.69) is 24.1 Å². The number of nitrogens with zero attached hydrogens (tertiary/aromatic N) is 1. The highest BCUT2D eigenvalue weighted by molar-refractivity contribution is 5.80. The highest BCUT2D eigenvalue weighted by atomic mass is 16.1. The van der Waals surface area contributed by atoms with Crippen molar-refractivity contribution in [3.05, 3.63) is 0 Å². The third-order valence-corrected chi connectivity index (χ3v) is 3.18. The molecule has 17 heavy (non-hydrogen) atoms. The lowest BCUT2D eigenvalue weighted by Gasteiger charge is -2.26. The van der Waals surface area contributed by atoms with E-state index in [9.17, 15) is 4.79 Å². The molecule has 0 spiro atoms. The second-order valence-electron chi connectivity index (χ2n) is 5.11. The fraction of sp³-hybridized carbons (Fsp3) is 0.923. The zero-order chi connectivity index (χ0) is 12.7. The van der Waals surface area contributed by atoms with Crippen molar-refractivity contribution in [3.8, 4) is 0 Å². The van der Waals surface area contributed by atoms with Gasteiger partial charge in [0.25, 0.3) is 0 Å². The van der Waals surface area contributed by atoms with Crippen LogP contribution in [0.5, 0.6) is 0 Å². The van der Waals surface area contributed by atoms with Gasteiger partial charge >= 0.3 is 0 Å². The lowest BCUT2D eigenvalue weighted by molar-refractivity contribution is -0.120. The van der Waals surface area contributed by atoms with E-state index >= 15 is 0 Å². The van der Waals surface area contributed by atoms with Crippen LogP contribution in [0, 0.1) is 5.92 Å². The van der Waals surface area contributed by atoms with E-state index in [1.54, 1.807) is 0 Å². The van der Waals surface area contributed by atoms with Crippen molar-refractivity contribution >= 4 is 5.91 Å². The van der Waals surface area contributed by atoms with E-state index in [1.807, 2.05) is 0 Å². The maximum absolute atomic E-state index is 11.4. The summed E-state index contributed by atoms with van der Waals surface area (Å²) in [6.07, 6.45) is 4.86. The number of hydrogen-bond acceptors (Lipinski definition) is 3. The molecule has 1 amide bonds. The quantitative estimate of drug-likeness (QED) is 0.599. The summed E-state index contributed by atoms with van der Waals surface area (Å²) in [6.45, 7) is 8.09. The third-order valence-electron chi connectivity index (χ3n) is 3.18. The zero-order valence-electron chi connectivity index (χ0n) is 11.2. The average Bonchev–Trinajstić information content (AvgIpc) is 3.07. The smallest absolute Gasteiger partial charge is 0.235 e. The largest absolute Gasteiger partial charge is 0.368 e. The average molecular weight is 241 g/mol. The van der Waals surface area contributed by atoms with Crippen LogP contribution in [-0.2, 0) is 4.79 Å². The molecule has 0 radical (unpaired) electrons. The molecule has 1 unspecified atom stereocenters. The molecule has 0 saturated heterocycles. The topological polar surface area (TPSA) is 58.4 Å². The summed E-state index contributed by atoms with van der Waals surface area (Å²) < 4.78 is 0. The van der Waals surface area contributed by atoms with Gasteiger partial charge in [-0.3, -0.25) is 4.79 Å². The van der Waals surface area contributed by atoms with Crippen molar-refractivity contribution in [2.45, 2.75) is 45.6 Å². The minimum absolute atomic E-state index is 0.194. The fourth-order valence-corrected chi connectivity index (χ4v) is 2.07. The van der Waals surface area contributed by atoms with Gasteiger partial charge in [-0.1, -0.05) is 13.8 Å². The van der Waals surface area contributed by atoms with Crippen LogP contribution in [0.4, 0.5) is 0 Å². The molecule has 0 aromatic rings. The lowest BCUT2D eigenvalue weighted by atomic mass is 10.2. The van der Waals surface area contributed by atoms with Gasteiger partial charge in [-0.05, 0) is 44.7 Å². The summed E-state index contributed by atoms with van der Waals surface area (Å²) in [4.78, 5) is 13.8. The molecule has 1 rings (SSSR count). The summed E-state index contributed by atoms with van der Waals surface area (Å²) in [5.74, 6) is 0.636. The highest BCUT2D eigenvalue weighted by Crippen LogP contribution is 2.29. The van der Waals surface area contributed by atoms with E-state index in [0.717, 1.165) is 44.9 Å². The van der Waals surface area contributed by atoms with Gasteiger partial charge in [-0.2, -0.15) is 0 Å². The number of nitrogens with two attached hydrogens (primary N) is 1. The molecule has 4 nitrogen and oxygen atoms in total. The van der Waals surface area contributed by atoms with E-state index < -0.39 is 0 Å². The van der Waals surface area contributed by atoms with Gasteiger partial charge in [0, 0.05) is 13.1 Å². The van der Waals surface area contributed by atoms with E-state index in [4.69, 9.17) is 5.73 Å². The molecule has 1 saturated carbocycles. The lowest BCUT2D eigenvalue weighted by Crippen LogP contribution is -2.49. The number of rotatable bonds is 10. The molecule has 1 fully saturated rings. The second kappa shape index (κ2) is 7.67. The number of carbonyl (C=O) groups excluding carboxylic acids is 1. The van der Waals surface area contributed by atoms with Crippen LogP contribution in [0.25, 0.3) is 0 Å². The Morgan fingerprint density at radius 3 is 2.59 bits per heavy atom. The molecule has 0 aliphatic heterocycles. The first kappa shape index (κ1) is 14.5. The number of primary amides is 1. The molecule has 0 aromatic carbocycles. The molecule has 0 aromatic heterocycles. The van der Waals surface area contributed by atoms with Crippen LogP contribution in [0.15, 0.2) is 0 Å². The molecule has 0 heterocycles. The molecular formula is C13H27N3O. The standard InChI is InChI=1S/C13H27N3O/c1-3-7-15-12(13(14)17)10-16(8-4-2)9-11-5-6-11/h11-12,15H,3-10H2,1-2H3,(H2,14,17). The van der Waals surface area contributed by atoms with Gasteiger partial charge in [0.05, 0.1) is 6.04 Å². The van der Waals surface area contributed by atoms with Crippen molar-refractivity contribution in [2.24, 2.45) is 11.7 Å². The van der Waals surface area contributed by atoms with E-state index in [1.165, 1.54) is 12.8 Å². The second-order valence-corrected chi connectivity index (χ2v) is 5.11. The molecule has 100 valence electrons. The molecule has 4 heteroatoms. The first-order chi connectivity index (χ1) is 8.17. The molecule has 3 N–H and O–H groups in total. The maximum Gasteiger partial charge on any atom is 0.235 e. The Kier molecular flexibility index (Phi) is 6.52. The molecule has 1 aliphatic carbocycles. The third kappa shape index (κ3) is 6.03. The Bertz CT molecular complexity index is 229. The van der Waals surface area contributed by atoms with Crippen LogP contribution in [0.1, 0.15) is 39.5 Å². The Labute approximate surface area is 105 Å². The maximum atomic E-state index is 11.4. The molecular weight excluding hydrogens is 214 g/mol. The van der Waals surface area contributed by atoms with Crippen LogP contribution in [-0.4, -0.2) is 43.0 Å². The molecule has 1 atom stereocenters. The first-order valence-electron chi connectivity index (χ1n) is 6.92. The Balaban J connectivity index is 2.38. The SMILES string of the molecule is CCCNC(CN(CCC)CC1CC1)C(N)=O. The Hall–Kier alpha value is -0.610. The summed E-state index contributed by atoms with van der Waals surface area (Å²) in [5.41, 5.74) is 5.44. The van der Waals surface area contributed by atoms with Crippen LogP contribution in [0.2, 0.25) is 0 Å². The van der Waals surface area contributed by atoms with Gasteiger partial charge in [-0.25, -0.2) is 0 Å². The molecule has 0 bridgehead atoms. The summed E-state index contributed by atoms with van der Waals surface area (Å²) in [7, 11) is 0. The predicted molar refractivity (Wildman–Crippen MR) is 70.7 cm³/mol. The predicted octanol–water partition coefficient (Wildman–Crippen LogP) is 0.962. The number of amides is 1. The fourth-order valence-electron chi connectivity index (χ4n) is 2.07. The van der Waals surface area contributed by atoms with Crippen molar-refractivity contribution in [3.63, 3.8) is 0 Å². The minimum atomic E-state index is -0.227. The molecule has 1 aliphatic rings. The Morgan fingerprint density at radius 2 is 2.12 bits per heavy atom. The minimum Gasteiger partial charge on any atom is -0.368 e. The van der Waals surface area contributed by atoms with Crippen LogP contribution < -0.4 is 11.1 Å². The highest BCUT2D eigenvalue weighted by Gasteiger charge is 2.26. The van der Waals surface area contributed by atoms with E-state index in [0.29, 0.717) is 0 Å². The first-order valence-corrected chi connectivity index (χ1v) is 6.92. The summed E-state index contributed by atoms with van der Waals surface area (Å²) >= 11 is 0. The van der Waals surface area contributed by atoms with Gasteiger partial charge in [-0.15, -0.1) is 0 Å². The van der Waals surface area contributed by atoms with Gasteiger partial charge in [0.15, 0.2) is 0 Å². The van der Waals surface area contributed by atoms with Gasteiger partial charge < -0.3 is 16.0 Å². The van der Waals surface area contributed by atoms with Gasteiger partial charge in [0.1, 0.15) is 0 Å². The summed E-state index contributed by atoms with van der Waals surface area (Å²) in [6, 6.07) is -0.194.